The molecular weight excluding hydrogens is 192 g/mol. The molecule has 1 saturated heterocycles. The Labute approximate surface area is 90.9 Å². The van der Waals surface area contributed by atoms with Gasteiger partial charge in [0.2, 0.25) is 0 Å². The summed E-state index contributed by atoms with van der Waals surface area (Å²) in [6.07, 6.45) is 3.20. The van der Waals surface area contributed by atoms with Crippen molar-refractivity contribution in [1.82, 2.24) is 9.80 Å². The Morgan fingerprint density at radius 3 is 2.47 bits per heavy atom. The number of aliphatic carboxylic acids is 1. The summed E-state index contributed by atoms with van der Waals surface area (Å²) < 4.78 is 0. The number of carboxylic acids is 1. The molecule has 2 aliphatic rings. The van der Waals surface area contributed by atoms with Crippen LogP contribution in [0.5, 0.6) is 0 Å². The van der Waals surface area contributed by atoms with E-state index in [1.807, 2.05) is 0 Å². The number of rotatable bonds is 3. The van der Waals surface area contributed by atoms with E-state index >= 15 is 0 Å². The first kappa shape index (κ1) is 10.9. The van der Waals surface area contributed by atoms with E-state index < -0.39 is 5.97 Å². The van der Waals surface area contributed by atoms with Crippen molar-refractivity contribution in [2.45, 2.75) is 31.3 Å². The van der Waals surface area contributed by atoms with Gasteiger partial charge in [-0.3, -0.25) is 9.69 Å². The van der Waals surface area contributed by atoms with Crippen molar-refractivity contribution in [3.63, 3.8) is 0 Å². The van der Waals surface area contributed by atoms with E-state index in [-0.39, 0.29) is 5.92 Å². The van der Waals surface area contributed by atoms with E-state index in [1.165, 1.54) is 12.8 Å². The van der Waals surface area contributed by atoms with Crippen molar-refractivity contribution in [2.75, 3.05) is 27.2 Å². The standard InChI is InChI=1S/C11H20N2O2/c1-12-5-3-8(4-6-12)13(2)10-7-9(10)11(14)15/h8-10H,3-7H2,1-2H3,(H,14,15). The zero-order valence-electron chi connectivity index (χ0n) is 9.52. The second kappa shape index (κ2) is 4.10. The molecule has 2 unspecified atom stereocenters. The third-order valence-corrected chi connectivity index (χ3v) is 3.86. The van der Waals surface area contributed by atoms with Gasteiger partial charge >= 0.3 is 5.97 Å². The van der Waals surface area contributed by atoms with E-state index in [4.69, 9.17) is 5.11 Å². The van der Waals surface area contributed by atoms with E-state index in [2.05, 4.69) is 23.9 Å². The molecule has 2 rings (SSSR count). The number of hydrogen-bond acceptors (Lipinski definition) is 3. The number of nitrogens with zero attached hydrogens (tertiary/aromatic N) is 2. The van der Waals surface area contributed by atoms with Gasteiger partial charge in [-0.2, -0.15) is 0 Å². The SMILES string of the molecule is CN1CCC(N(C)C2CC2C(=O)O)CC1. The number of carboxylic acid groups (broad SMARTS) is 1. The summed E-state index contributed by atoms with van der Waals surface area (Å²) in [6.45, 7) is 2.28. The van der Waals surface area contributed by atoms with Gasteiger partial charge in [0.1, 0.15) is 0 Å². The molecular formula is C11H20N2O2. The third-order valence-electron chi connectivity index (χ3n) is 3.86. The molecule has 0 radical (unpaired) electrons. The Balaban J connectivity index is 1.82. The summed E-state index contributed by atoms with van der Waals surface area (Å²) >= 11 is 0. The van der Waals surface area contributed by atoms with E-state index in [0.29, 0.717) is 12.1 Å². The van der Waals surface area contributed by atoms with E-state index in [9.17, 15) is 4.79 Å². The van der Waals surface area contributed by atoms with Crippen LogP contribution in [-0.2, 0) is 4.79 Å². The normalized spacial score (nSPS) is 33.3. The largest absolute Gasteiger partial charge is 0.481 e. The van der Waals surface area contributed by atoms with Gasteiger partial charge in [0.05, 0.1) is 5.92 Å². The second-order valence-corrected chi connectivity index (χ2v) is 4.95. The Kier molecular flexibility index (Phi) is 2.98. The van der Waals surface area contributed by atoms with Gasteiger partial charge in [-0.05, 0) is 46.4 Å². The molecule has 1 saturated carbocycles. The topological polar surface area (TPSA) is 43.8 Å². The zero-order valence-corrected chi connectivity index (χ0v) is 9.52. The van der Waals surface area contributed by atoms with Crippen LogP contribution in [0.1, 0.15) is 19.3 Å². The van der Waals surface area contributed by atoms with Crippen LogP contribution in [0, 0.1) is 5.92 Å². The van der Waals surface area contributed by atoms with Crippen molar-refractivity contribution in [3.05, 3.63) is 0 Å². The maximum atomic E-state index is 10.8. The first-order valence-corrected chi connectivity index (χ1v) is 5.73. The molecule has 1 N–H and O–H groups in total. The molecule has 4 nitrogen and oxygen atoms in total. The highest BCUT2D eigenvalue weighted by molar-refractivity contribution is 5.74. The predicted molar refractivity (Wildman–Crippen MR) is 57.8 cm³/mol. The number of carbonyl (C=O) groups is 1. The highest BCUT2D eigenvalue weighted by Gasteiger charge is 2.47. The fourth-order valence-corrected chi connectivity index (χ4v) is 2.57. The number of piperidine rings is 1. The Bertz CT molecular complexity index is 249. The molecule has 2 atom stereocenters. The summed E-state index contributed by atoms with van der Waals surface area (Å²) in [7, 11) is 4.23. The molecule has 4 heteroatoms. The van der Waals surface area contributed by atoms with E-state index in [1.54, 1.807) is 0 Å². The molecule has 0 aromatic heterocycles. The summed E-state index contributed by atoms with van der Waals surface area (Å²) in [6, 6.07) is 0.895. The fraction of sp³-hybridized carbons (Fsp3) is 0.909. The van der Waals surface area contributed by atoms with Gasteiger partial charge in [-0.15, -0.1) is 0 Å². The lowest BCUT2D eigenvalue weighted by atomic mass is 10.0. The first-order valence-electron chi connectivity index (χ1n) is 5.73. The number of likely N-dealkylation sites (tertiary alicyclic amines) is 1. The molecule has 0 amide bonds. The molecule has 1 heterocycles. The minimum Gasteiger partial charge on any atom is -0.481 e. The fourth-order valence-electron chi connectivity index (χ4n) is 2.57. The van der Waals surface area contributed by atoms with Crippen LogP contribution in [0.2, 0.25) is 0 Å². The lowest BCUT2D eigenvalue weighted by molar-refractivity contribution is -0.139. The molecule has 0 bridgehead atoms. The Morgan fingerprint density at radius 2 is 2.00 bits per heavy atom. The smallest absolute Gasteiger partial charge is 0.308 e. The van der Waals surface area contributed by atoms with Crippen LogP contribution in [-0.4, -0.2) is 60.1 Å². The lowest BCUT2D eigenvalue weighted by Gasteiger charge is -2.35. The van der Waals surface area contributed by atoms with Crippen LogP contribution in [0.15, 0.2) is 0 Å². The summed E-state index contributed by atoms with van der Waals surface area (Å²) in [4.78, 5) is 15.4. The second-order valence-electron chi connectivity index (χ2n) is 4.95. The summed E-state index contributed by atoms with van der Waals surface area (Å²) in [5.41, 5.74) is 0. The van der Waals surface area contributed by atoms with E-state index in [0.717, 1.165) is 19.5 Å². The maximum Gasteiger partial charge on any atom is 0.308 e. The van der Waals surface area contributed by atoms with Gasteiger partial charge in [-0.1, -0.05) is 0 Å². The predicted octanol–water partition coefficient (Wildman–Crippen LogP) is 0.485. The molecule has 0 aromatic rings. The van der Waals surface area contributed by atoms with Crippen LogP contribution in [0.4, 0.5) is 0 Å². The molecule has 15 heavy (non-hydrogen) atoms. The van der Waals surface area contributed by atoms with Gasteiger partial charge in [0.25, 0.3) is 0 Å². The minimum absolute atomic E-state index is 0.102. The summed E-state index contributed by atoms with van der Waals surface area (Å²) in [5.74, 6) is -0.727. The monoisotopic (exact) mass is 212 g/mol. The minimum atomic E-state index is -0.625. The molecule has 0 spiro atoms. The van der Waals surface area contributed by atoms with Crippen molar-refractivity contribution < 1.29 is 9.90 Å². The summed E-state index contributed by atoms with van der Waals surface area (Å²) in [5, 5.41) is 8.88. The van der Waals surface area contributed by atoms with Crippen molar-refractivity contribution in [2.24, 2.45) is 5.92 Å². The van der Waals surface area contributed by atoms with Gasteiger partial charge in [0.15, 0.2) is 0 Å². The zero-order chi connectivity index (χ0) is 11.0. The van der Waals surface area contributed by atoms with Crippen LogP contribution in [0.3, 0.4) is 0 Å². The Morgan fingerprint density at radius 1 is 1.40 bits per heavy atom. The number of hydrogen-bond donors (Lipinski definition) is 1. The lowest BCUT2D eigenvalue weighted by Crippen LogP contribution is -2.43. The third kappa shape index (κ3) is 2.32. The first-order chi connectivity index (χ1) is 7.09. The van der Waals surface area contributed by atoms with Crippen molar-refractivity contribution in [1.29, 1.82) is 0 Å². The van der Waals surface area contributed by atoms with Crippen LogP contribution in [0.25, 0.3) is 0 Å². The van der Waals surface area contributed by atoms with Crippen LogP contribution < -0.4 is 0 Å². The Hall–Kier alpha value is -0.610. The highest BCUT2D eigenvalue weighted by atomic mass is 16.4. The molecule has 2 fully saturated rings. The highest BCUT2D eigenvalue weighted by Crippen LogP contribution is 2.37. The average Bonchev–Trinajstić information content (AvgIpc) is 2.97. The van der Waals surface area contributed by atoms with Gasteiger partial charge in [-0.25, -0.2) is 0 Å². The van der Waals surface area contributed by atoms with Crippen molar-refractivity contribution in [3.8, 4) is 0 Å². The van der Waals surface area contributed by atoms with Crippen molar-refractivity contribution >= 4 is 5.97 Å². The molecule has 0 aromatic carbocycles. The van der Waals surface area contributed by atoms with Gasteiger partial charge in [0, 0.05) is 12.1 Å². The van der Waals surface area contributed by atoms with Crippen LogP contribution >= 0.6 is 0 Å². The molecule has 86 valence electrons. The maximum absolute atomic E-state index is 10.8. The van der Waals surface area contributed by atoms with Gasteiger partial charge < -0.3 is 10.0 Å². The molecule has 1 aliphatic carbocycles. The average molecular weight is 212 g/mol. The quantitative estimate of drug-likeness (QED) is 0.739. The molecule has 1 aliphatic heterocycles.